The molecule has 46 heavy (non-hydrogen) atoms. The number of carbonyl (C=O) groups excluding carboxylic acids is 2. The van der Waals surface area contributed by atoms with Gasteiger partial charge >= 0.3 is 12.0 Å². The molecule has 0 saturated carbocycles. The van der Waals surface area contributed by atoms with E-state index in [2.05, 4.69) is 21.2 Å². The van der Waals surface area contributed by atoms with Gasteiger partial charge in [-0.1, -0.05) is 66.7 Å². The first-order chi connectivity index (χ1) is 22.4. The summed E-state index contributed by atoms with van der Waals surface area (Å²) in [7, 11) is 1.28. The van der Waals surface area contributed by atoms with Gasteiger partial charge in [-0.3, -0.25) is 5.43 Å². The smallest absolute Gasteiger partial charge is 0.337 e. The molecule has 0 spiro atoms. The van der Waals surface area contributed by atoms with E-state index in [1.165, 1.54) is 7.11 Å². The van der Waals surface area contributed by atoms with Crippen molar-refractivity contribution >= 4 is 29.0 Å². The third-order valence-electron chi connectivity index (χ3n) is 7.26. The van der Waals surface area contributed by atoms with Crippen molar-refractivity contribution in [2.24, 2.45) is 5.10 Å². The van der Waals surface area contributed by atoms with E-state index < -0.39 is 24.3 Å². The number of fused-ring (bicyclic) bond motifs is 1. The molecule has 11 heteroatoms. The number of rotatable bonds is 13. The molecule has 2 atom stereocenters. The van der Waals surface area contributed by atoms with E-state index in [1.807, 2.05) is 73.7 Å². The predicted octanol–water partition coefficient (Wildman–Crippen LogP) is 4.94. The van der Waals surface area contributed by atoms with Gasteiger partial charge < -0.3 is 34.7 Å². The number of nitrogens with one attached hydrogen (secondary N) is 3. The van der Waals surface area contributed by atoms with E-state index in [-0.39, 0.29) is 12.2 Å². The summed E-state index contributed by atoms with van der Waals surface area (Å²) in [6.07, 6.45) is 0.461. The Morgan fingerprint density at radius 3 is 2.52 bits per heavy atom. The van der Waals surface area contributed by atoms with E-state index in [0.717, 1.165) is 21.9 Å². The fraction of sp³-hybridized carbons (Fsp3) is 0.229. The molecule has 0 saturated heterocycles. The summed E-state index contributed by atoms with van der Waals surface area (Å²) in [6.45, 7) is 4.04. The van der Waals surface area contributed by atoms with Crippen LogP contribution in [0.5, 0.6) is 17.2 Å². The third-order valence-corrected chi connectivity index (χ3v) is 7.26. The van der Waals surface area contributed by atoms with Gasteiger partial charge in [0.15, 0.2) is 17.7 Å². The minimum atomic E-state index is -1.16. The molecule has 5 rings (SSSR count). The van der Waals surface area contributed by atoms with Crippen LogP contribution in [0, 0.1) is 0 Å². The van der Waals surface area contributed by atoms with E-state index in [0.29, 0.717) is 41.7 Å². The second-order valence-corrected chi connectivity index (χ2v) is 10.4. The molecule has 11 nitrogen and oxygen atoms in total. The summed E-state index contributed by atoms with van der Waals surface area (Å²) in [4.78, 5) is 24.7. The molecule has 2 amide bonds. The average Bonchev–Trinajstić information content (AvgIpc) is 3.07. The van der Waals surface area contributed by atoms with Crippen LogP contribution >= 0.6 is 0 Å². The fourth-order valence-electron chi connectivity index (χ4n) is 5.08. The number of benzene rings is 4. The maximum absolute atomic E-state index is 12.5. The van der Waals surface area contributed by atoms with Crippen LogP contribution in [0.4, 0.5) is 4.79 Å². The summed E-state index contributed by atoms with van der Waals surface area (Å²) in [5.74, 6) is 0.829. The highest BCUT2D eigenvalue weighted by Gasteiger charge is 2.32. The van der Waals surface area contributed by atoms with E-state index in [1.54, 1.807) is 31.3 Å². The van der Waals surface area contributed by atoms with Gasteiger partial charge in [0.1, 0.15) is 19.0 Å². The van der Waals surface area contributed by atoms with E-state index in [4.69, 9.17) is 18.9 Å². The number of nitrogens with zero attached hydrogens (tertiary/aromatic N) is 1. The molecule has 0 aliphatic carbocycles. The largest absolute Gasteiger partial charge is 0.490 e. The summed E-state index contributed by atoms with van der Waals surface area (Å²) in [6, 6.07) is 25.6. The van der Waals surface area contributed by atoms with Gasteiger partial charge in [0, 0.05) is 11.3 Å². The highest BCUT2D eigenvalue weighted by molar-refractivity contribution is 6.02. The topological polar surface area (TPSA) is 140 Å². The molecule has 0 fully saturated rings. The summed E-state index contributed by atoms with van der Waals surface area (Å²) < 4.78 is 22.8. The molecule has 0 unspecified atom stereocenters. The number of amides is 2. The number of esters is 1. The number of aliphatic hydroxyl groups excluding tert-OH is 1. The van der Waals surface area contributed by atoms with Crippen LogP contribution in [0.25, 0.3) is 10.8 Å². The van der Waals surface area contributed by atoms with Crippen LogP contribution in [0.3, 0.4) is 0 Å². The van der Waals surface area contributed by atoms with Crippen molar-refractivity contribution in [2.45, 2.75) is 32.7 Å². The number of carbonyl (C=O) groups is 2. The monoisotopic (exact) mass is 624 g/mol. The van der Waals surface area contributed by atoms with Crippen LogP contribution in [0.1, 0.15) is 36.6 Å². The first-order valence-electron chi connectivity index (χ1n) is 14.8. The Morgan fingerprint density at radius 2 is 1.74 bits per heavy atom. The molecule has 0 bridgehead atoms. The average molecular weight is 625 g/mol. The number of ether oxygens (including phenoxy) is 4. The van der Waals surface area contributed by atoms with Crippen molar-refractivity contribution in [1.82, 2.24) is 16.1 Å². The Balaban J connectivity index is 1.28. The maximum atomic E-state index is 12.5. The first kappa shape index (κ1) is 31.9. The number of allylic oxidation sites excluding steroid dienone is 1. The van der Waals surface area contributed by atoms with Gasteiger partial charge in [-0.05, 0) is 53.9 Å². The van der Waals surface area contributed by atoms with Crippen molar-refractivity contribution in [2.75, 3.05) is 20.3 Å². The van der Waals surface area contributed by atoms with Crippen LogP contribution in [-0.2, 0) is 16.1 Å². The molecule has 1 aliphatic rings. The van der Waals surface area contributed by atoms with Gasteiger partial charge in [-0.25, -0.2) is 9.59 Å². The summed E-state index contributed by atoms with van der Waals surface area (Å²) in [5, 5.41) is 22.3. The summed E-state index contributed by atoms with van der Waals surface area (Å²) >= 11 is 0. The number of aliphatic hydroxyl groups is 1. The van der Waals surface area contributed by atoms with Gasteiger partial charge in [-0.2, -0.15) is 5.10 Å². The number of hydrazone groups is 1. The molecule has 0 radical (unpaired) electrons. The Kier molecular flexibility index (Phi) is 10.4. The SMILES string of the molecule is CCOc1cc([C@@H]2NC(=O)NC(C)=C2C(=O)OC)ccc1OC[C@@H](O)N/N=C/c1c(OCc2ccccc2)ccc2ccccc12. The molecule has 4 N–H and O–H groups in total. The lowest BCUT2D eigenvalue weighted by Gasteiger charge is -2.28. The standard InChI is InChI=1S/C35H36N4O7/c1-4-44-30-18-25(33-32(34(41)43-3)22(2)37-35(42)38-33)15-17-29(30)46-21-31(40)39-36-19-27-26-13-9-8-12-24(26)14-16-28(27)45-20-23-10-6-5-7-11-23/h5-19,31,33,39-40H,4,20-21H2,1-3H3,(H2,37,38,42)/b36-19+/t31-,33+/m1/s1. The van der Waals surface area contributed by atoms with Gasteiger partial charge in [0.2, 0.25) is 0 Å². The van der Waals surface area contributed by atoms with Gasteiger partial charge in [0.05, 0.1) is 31.5 Å². The minimum absolute atomic E-state index is 0.153. The Labute approximate surface area is 266 Å². The van der Waals surface area contributed by atoms with E-state index in [9.17, 15) is 14.7 Å². The molecule has 1 aliphatic heterocycles. The maximum Gasteiger partial charge on any atom is 0.337 e. The number of urea groups is 1. The number of hydrogen-bond acceptors (Lipinski definition) is 9. The lowest BCUT2D eigenvalue weighted by atomic mass is 9.95. The number of hydrogen-bond donors (Lipinski definition) is 4. The molecule has 4 aromatic rings. The second kappa shape index (κ2) is 15.0. The molecular weight excluding hydrogens is 588 g/mol. The lowest BCUT2D eigenvalue weighted by molar-refractivity contribution is -0.136. The van der Waals surface area contributed by atoms with Crippen molar-refractivity contribution in [1.29, 1.82) is 0 Å². The third kappa shape index (κ3) is 7.56. The fourth-order valence-corrected chi connectivity index (χ4v) is 5.08. The van der Waals surface area contributed by atoms with Gasteiger partial charge in [0.25, 0.3) is 0 Å². The van der Waals surface area contributed by atoms with Crippen LogP contribution in [-0.4, -0.2) is 49.9 Å². The van der Waals surface area contributed by atoms with Crippen LogP contribution in [0.2, 0.25) is 0 Å². The predicted molar refractivity (Wildman–Crippen MR) is 174 cm³/mol. The zero-order valence-electron chi connectivity index (χ0n) is 25.8. The first-order valence-corrected chi connectivity index (χ1v) is 14.8. The summed E-state index contributed by atoms with van der Waals surface area (Å²) in [5.41, 5.74) is 5.78. The van der Waals surface area contributed by atoms with Crippen LogP contribution in [0.15, 0.2) is 101 Å². The number of methoxy groups -OCH3 is 1. The van der Waals surface area contributed by atoms with Crippen molar-refractivity contribution < 1.29 is 33.6 Å². The minimum Gasteiger partial charge on any atom is -0.490 e. The van der Waals surface area contributed by atoms with Crippen molar-refractivity contribution in [3.05, 3.63) is 113 Å². The lowest BCUT2D eigenvalue weighted by Crippen LogP contribution is -2.45. The van der Waals surface area contributed by atoms with E-state index >= 15 is 0 Å². The highest BCUT2D eigenvalue weighted by Crippen LogP contribution is 2.35. The Hall–Kier alpha value is -5.55. The quantitative estimate of drug-likeness (QED) is 0.0710. The second-order valence-electron chi connectivity index (χ2n) is 10.4. The normalized spacial score (nSPS) is 15.2. The van der Waals surface area contributed by atoms with Gasteiger partial charge in [-0.15, -0.1) is 0 Å². The Morgan fingerprint density at radius 1 is 0.978 bits per heavy atom. The zero-order valence-corrected chi connectivity index (χ0v) is 25.8. The molecule has 0 aromatic heterocycles. The Bertz CT molecular complexity index is 1760. The van der Waals surface area contributed by atoms with Crippen LogP contribution < -0.4 is 30.3 Å². The van der Waals surface area contributed by atoms with Crippen molar-refractivity contribution in [3.63, 3.8) is 0 Å². The zero-order chi connectivity index (χ0) is 32.5. The highest BCUT2D eigenvalue weighted by atomic mass is 16.5. The molecule has 238 valence electrons. The molecular formula is C35H36N4O7. The molecule has 4 aromatic carbocycles. The molecule has 1 heterocycles. The van der Waals surface area contributed by atoms with Crippen molar-refractivity contribution in [3.8, 4) is 17.2 Å².